The van der Waals surface area contributed by atoms with E-state index in [4.69, 9.17) is 16.7 Å². The van der Waals surface area contributed by atoms with Gasteiger partial charge in [0.05, 0.1) is 5.02 Å². The normalized spacial score (nSPS) is 9.17. The molecule has 0 spiro atoms. The van der Waals surface area contributed by atoms with Gasteiger partial charge >= 0.3 is 0 Å². The first kappa shape index (κ1) is 11.6. The molecule has 0 fully saturated rings. The molecule has 68 valence electrons. The lowest BCUT2D eigenvalue weighted by Gasteiger charge is -2.01. The fourth-order valence-corrected chi connectivity index (χ4v) is 1.07. The fraction of sp³-hybridized carbons (Fsp3) is 0.250. The molecule has 0 unspecified atom stereocenters. The minimum atomic E-state index is 0. The Hall–Kier alpha value is -0.440. The average molecular weight is 208 g/mol. The van der Waals surface area contributed by atoms with Crippen LogP contribution in [-0.2, 0) is 6.54 Å². The van der Waals surface area contributed by atoms with Gasteiger partial charge in [0.25, 0.3) is 0 Å². The highest BCUT2D eigenvalue weighted by Crippen LogP contribution is 2.23. The van der Waals surface area contributed by atoms with E-state index in [1.165, 1.54) is 0 Å². The first-order chi connectivity index (χ1) is 5.24. The van der Waals surface area contributed by atoms with Crippen LogP contribution >= 0.6 is 24.0 Å². The summed E-state index contributed by atoms with van der Waals surface area (Å²) in [6.07, 6.45) is 0. The molecule has 2 nitrogen and oxygen atoms in total. The van der Waals surface area contributed by atoms with Gasteiger partial charge in [-0.05, 0) is 24.7 Å². The molecule has 0 aromatic heterocycles. The molecule has 0 amide bonds. The van der Waals surface area contributed by atoms with Crippen molar-refractivity contribution in [3.8, 4) is 5.75 Å². The molecular weight excluding hydrogens is 197 g/mol. The van der Waals surface area contributed by atoms with Crippen LogP contribution in [0.3, 0.4) is 0 Å². The maximum atomic E-state index is 9.06. The number of phenols is 1. The molecular formula is C8H11Cl2NO. The summed E-state index contributed by atoms with van der Waals surface area (Å²) >= 11 is 5.67. The number of rotatable bonds is 2. The summed E-state index contributed by atoms with van der Waals surface area (Å²) in [5, 5.41) is 12.5. The van der Waals surface area contributed by atoms with E-state index in [9.17, 15) is 0 Å². The first-order valence-corrected chi connectivity index (χ1v) is 3.74. The molecule has 0 atom stereocenters. The average Bonchev–Trinajstić information content (AvgIpc) is 1.98. The van der Waals surface area contributed by atoms with Gasteiger partial charge in [0.15, 0.2) is 0 Å². The topological polar surface area (TPSA) is 32.3 Å². The minimum absolute atomic E-state index is 0. The Balaban J connectivity index is 0.00000121. The molecule has 0 aliphatic carbocycles. The summed E-state index contributed by atoms with van der Waals surface area (Å²) in [5.41, 5.74) is 1.07. The van der Waals surface area contributed by atoms with Gasteiger partial charge < -0.3 is 10.4 Å². The van der Waals surface area contributed by atoms with Crippen molar-refractivity contribution < 1.29 is 5.11 Å². The van der Waals surface area contributed by atoms with Crippen LogP contribution in [0.1, 0.15) is 5.56 Å². The predicted octanol–water partition coefficient (Wildman–Crippen LogP) is 2.19. The van der Waals surface area contributed by atoms with Crippen molar-refractivity contribution in [1.82, 2.24) is 5.32 Å². The minimum Gasteiger partial charge on any atom is -0.506 e. The molecule has 0 saturated heterocycles. The SMILES string of the molecule is CNCc1ccc(O)c(Cl)c1.Cl. The molecule has 1 rings (SSSR count). The highest BCUT2D eigenvalue weighted by atomic mass is 35.5. The van der Waals surface area contributed by atoms with Crippen molar-refractivity contribution in [1.29, 1.82) is 0 Å². The van der Waals surface area contributed by atoms with Crippen molar-refractivity contribution in [2.45, 2.75) is 6.54 Å². The second-order valence-electron chi connectivity index (χ2n) is 2.32. The predicted molar refractivity (Wildman–Crippen MR) is 53.1 cm³/mol. The van der Waals surface area contributed by atoms with Gasteiger partial charge in [-0.15, -0.1) is 12.4 Å². The lowest BCUT2D eigenvalue weighted by Crippen LogP contribution is -2.04. The number of benzene rings is 1. The third-order valence-corrected chi connectivity index (χ3v) is 1.70. The van der Waals surface area contributed by atoms with E-state index in [0.29, 0.717) is 5.02 Å². The van der Waals surface area contributed by atoms with E-state index in [0.717, 1.165) is 12.1 Å². The molecule has 0 saturated carbocycles. The molecule has 0 radical (unpaired) electrons. The number of halogens is 2. The Morgan fingerprint density at radius 3 is 2.67 bits per heavy atom. The molecule has 0 heterocycles. The van der Waals surface area contributed by atoms with E-state index < -0.39 is 0 Å². The van der Waals surface area contributed by atoms with Gasteiger partial charge in [-0.1, -0.05) is 17.7 Å². The zero-order chi connectivity index (χ0) is 8.27. The van der Waals surface area contributed by atoms with Crippen molar-refractivity contribution >= 4 is 24.0 Å². The van der Waals surface area contributed by atoms with E-state index in [1.807, 2.05) is 13.1 Å². The van der Waals surface area contributed by atoms with Gasteiger partial charge in [0.1, 0.15) is 5.75 Å². The van der Waals surface area contributed by atoms with Crippen LogP contribution < -0.4 is 5.32 Å². The number of hydrogen-bond acceptors (Lipinski definition) is 2. The fourth-order valence-electron chi connectivity index (χ4n) is 0.864. The van der Waals surface area contributed by atoms with Gasteiger partial charge in [-0.2, -0.15) is 0 Å². The quantitative estimate of drug-likeness (QED) is 0.780. The van der Waals surface area contributed by atoms with E-state index >= 15 is 0 Å². The number of aromatic hydroxyl groups is 1. The van der Waals surface area contributed by atoms with Crippen LogP contribution in [0.5, 0.6) is 5.75 Å². The van der Waals surface area contributed by atoms with Crippen LogP contribution in [0.15, 0.2) is 18.2 Å². The van der Waals surface area contributed by atoms with Crippen molar-refractivity contribution in [2.24, 2.45) is 0 Å². The highest BCUT2D eigenvalue weighted by Gasteiger charge is 1.97. The molecule has 12 heavy (non-hydrogen) atoms. The van der Waals surface area contributed by atoms with Crippen LogP contribution in [0, 0.1) is 0 Å². The second kappa shape index (κ2) is 5.25. The summed E-state index contributed by atoms with van der Waals surface area (Å²) in [6.45, 7) is 0.764. The molecule has 0 aliphatic rings. The maximum Gasteiger partial charge on any atom is 0.134 e. The van der Waals surface area contributed by atoms with Gasteiger partial charge in [-0.3, -0.25) is 0 Å². The van der Waals surface area contributed by atoms with Crippen LogP contribution in [-0.4, -0.2) is 12.2 Å². The Kier molecular flexibility index (Phi) is 5.06. The molecule has 0 aliphatic heterocycles. The number of phenolic OH excluding ortho intramolecular Hbond substituents is 1. The molecule has 1 aromatic carbocycles. The summed E-state index contributed by atoms with van der Waals surface area (Å²) in [6, 6.07) is 5.17. The Morgan fingerprint density at radius 1 is 1.50 bits per heavy atom. The molecule has 4 heteroatoms. The Labute approximate surface area is 83.0 Å². The van der Waals surface area contributed by atoms with Crippen molar-refractivity contribution in [3.05, 3.63) is 28.8 Å². The van der Waals surface area contributed by atoms with Crippen LogP contribution in [0.4, 0.5) is 0 Å². The maximum absolute atomic E-state index is 9.06. The summed E-state index contributed by atoms with van der Waals surface area (Å²) in [4.78, 5) is 0. The number of nitrogens with one attached hydrogen (secondary N) is 1. The molecule has 0 bridgehead atoms. The largest absolute Gasteiger partial charge is 0.506 e. The Bertz CT molecular complexity index is 253. The second-order valence-corrected chi connectivity index (χ2v) is 2.72. The van der Waals surface area contributed by atoms with E-state index in [2.05, 4.69) is 5.32 Å². The third kappa shape index (κ3) is 2.89. The lowest BCUT2D eigenvalue weighted by atomic mass is 10.2. The summed E-state index contributed by atoms with van der Waals surface area (Å²) < 4.78 is 0. The van der Waals surface area contributed by atoms with Crippen molar-refractivity contribution in [2.75, 3.05) is 7.05 Å². The highest BCUT2D eigenvalue weighted by molar-refractivity contribution is 6.32. The van der Waals surface area contributed by atoms with Gasteiger partial charge in [0.2, 0.25) is 0 Å². The van der Waals surface area contributed by atoms with Crippen LogP contribution in [0.25, 0.3) is 0 Å². The van der Waals surface area contributed by atoms with Crippen LogP contribution in [0.2, 0.25) is 5.02 Å². The lowest BCUT2D eigenvalue weighted by molar-refractivity contribution is 0.475. The van der Waals surface area contributed by atoms with E-state index in [1.54, 1.807) is 12.1 Å². The molecule has 1 aromatic rings. The molecule has 2 N–H and O–H groups in total. The summed E-state index contributed by atoms with van der Waals surface area (Å²) in [5.74, 6) is 0.131. The summed E-state index contributed by atoms with van der Waals surface area (Å²) in [7, 11) is 1.86. The zero-order valence-electron chi connectivity index (χ0n) is 6.67. The smallest absolute Gasteiger partial charge is 0.134 e. The van der Waals surface area contributed by atoms with E-state index in [-0.39, 0.29) is 18.2 Å². The number of hydrogen-bond donors (Lipinski definition) is 2. The zero-order valence-corrected chi connectivity index (χ0v) is 8.25. The van der Waals surface area contributed by atoms with Gasteiger partial charge in [-0.25, -0.2) is 0 Å². The van der Waals surface area contributed by atoms with Gasteiger partial charge in [0, 0.05) is 6.54 Å². The third-order valence-electron chi connectivity index (χ3n) is 1.39. The van der Waals surface area contributed by atoms with Crippen molar-refractivity contribution in [3.63, 3.8) is 0 Å². The Morgan fingerprint density at radius 2 is 2.17 bits per heavy atom. The first-order valence-electron chi connectivity index (χ1n) is 3.36. The monoisotopic (exact) mass is 207 g/mol. The standard InChI is InChI=1S/C8H10ClNO.ClH/c1-10-5-6-2-3-8(11)7(9)4-6;/h2-4,10-11H,5H2,1H3;1H.